The summed E-state index contributed by atoms with van der Waals surface area (Å²) < 4.78 is 6.18. The van der Waals surface area contributed by atoms with Crippen molar-refractivity contribution in [1.82, 2.24) is 20.6 Å². The third kappa shape index (κ3) is 9.80. The van der Waals surface area contributed by atoms with Gasteiger partial charge in [-0.1, -0.05) is 91.4 Å². The summed E-state index contributed by atoms with van der Waals surface area (Å²) >= 11 is 0. The smallest absolute Gasteiger partial charge is 0.303 e. The Morgan fingerprint density at radius 3 is 2.45 bits per heavy atom. The first kappa shape index (κ1) is 28.7. The summed E-state index contributed by atoms with van der Waals surface area (Å²) in [6.07, 6.45) is 12.4. The molecule has 7 heteroatoms. The van der Waals surface area contributed by atoms with Crippen molar-refractivity contribution in [3.63, 3.8) is 0 Å². The highest BCUT2D eigenvalue weighted by Gasteiger charge is 2.10. The zero-order valence-corrected chi connectivity index (χ0v) is 22.9. The zero-order valence-electron chi connectivity index (χ0n) is 22.9. The van der Waals surface area contributed by atoms with Crippen LogP contribution in [0.3, 0.4) is 0 Å². The lowest BCUT2D eigenvalue weighted by Crippen LogP contribution is -2.03. The molecule has 0 fully saturated rings. The van der Waals surface area contributed by atoms with Gasteiger partial charge < -0.3 is 9.84 Å². The number of nitrogens with one attached hydrogen (secondary N) is 1. The van der Waals surface area contributed by atoms with E-state index < -0.39 is 5.97 Å². The predicted molar refractivity (Wildman–Crippen MR) is 158 cm³/mol. The van der Waals surface area contributed by atoms with Gasteiger partial charge in [-0.05, 0) is 73.3 Å². The summed E-state index contributed by atoms with van der Waals surface area (Å²) in [4.78, 5) is 11.0. The molecule has 208 valence electrons. The van der Waals surface area contributed by atoms with Crippen LogP contribution in [0.5, 0.6) is 5.75 Å². The molecule has 1 unspecified atom stereocenters. The van der Waals surface area contributed by atoms with Crippen molar-refractivity contribution in [2.24, 2.45) is 5.92 Å². The molecule has 0 saturated carbocycles. The Labute approximate surface area is 236 Å². The van der Waals surface area contributed by atoms with E-state index in [1.807, 2.05) is 30.3 Å². The van der Waals surface area contributed by atoms with Crippen LogP contribution in [0.2, 0.25) is 0 Å². The van der Waals surface area contributed by atoms with Gasteiger partial charge in [0, 0.05) is 17.5 Å². The van der Waals surface area contributed by atoms with Gasteiger partial charge in [-0.3, -0.25) is 4.79 Å². The number of unbranched alkanes of at least 4 members (excludes halogenated alkanes) is 3. The van der Waals surface area contributed by atoms with Crippen LogP contribution in [0.15, 0.2) is 84.9 Å². The van der Waals surface area contributed by atoms with Gasteiger partial charge in [0.15, 0.2) is 0 Å². The Hall–Kier alpha value is -4.26. The second-order valence-electron chi connectivity index (χ2n) is 10.1. The van der Waals surface area contributed by atoms with Gasteiger partial charge in [0.2, 0.25) is 5.82 Å². The van der Waals surface area contributed by atoms with Crippen LogP contribution in [-0.4, -0.2) is 38.3 Å². The first-order valence-electron chi connectivity index (χ1n) is 14.2. The molecule has 0 spiro atoms. The fourth-order valence-corrected chi connectivity index (χ4v) is 4.75. The molecule has 4 rings (SSSR count). The number of ether oxygens (including phenoxy) is 1. The molecule has 7 nitrogen and oxygen atoms in total. The van der Waals surface area contributed by atoms with Crippen LogP contribution >= 0.6 is 0 Å². The summed E-state index contributed by atoms with van der Waals surface area (Å²) in [6.45, 7) is 0.699. The van der Waals surface area contributed by atoms with E-state index in [4.69, 9.17) is 9.84 Å². The number of allylic oxidation sites excluding steroid dienone is 1. The summed E-state index contributed by atoms with van der Waals surface area (Å²) in [7, 11) is 0. The van der Waals surface area contributed by atoms with Crippen LogP contribution < -0.4 is 4.74 Å². The fourth-order valence-electron chi connectivity index (χ4n) is 4.75. The predicted octanol–water partition coefficient (Wildman–Crippen LogP) is 7.18. The number of para-hydroxylation sites is 1. The molecular formula is C33H38N4O3. The second-order valence-corrected chi connectivity index (χ2v) is 10.1. The third-order valence-corrected chi connectivity index (χ3v) is 6.95. The zero-order chi connectivity index (χ0) is 27.8. The first-order valence-corrected chi connectivity index (χ1v) is 14.2. The number of nitrogens with zero attached hydrogens (tertiary/aromatic N) is 3. The molecular weight excluding hydrogens is 500 g/mol. The van der Waals surface area contributed by atoms with E-state index >= 15 is 0 Å². The lowest BCUT2D eigenvalue weighted by atomic mass is 9.92. The minimum atomic E-state index is -0.740. The summed E-state index contributed by atoms with van der Waals surface area (Å²) in [6, 6.07) is 27.0. The van der Waals surface area contributed by atoms with Crippen molar-refractivity contribution in [3.8, 4) is 17.1 Å². The van der Waals surface area contributed by atoms with Crippen LogP contribution in [0.25, 0.3) is 17.5 Å². The molecule has 3 aromatic carbocycles. The van der Waals surface area contributed by atoms with Crippen LogP contribution in [0.4, 0.5) is 0 Å². The van der Waals surface area contributed by atoms with E-state index in [0.717, 1.165) is 61.8 Å². The molecule has 0 aliphatic carbocycles. The number of benzene rings is 3. The van der Waals surface area contributed by atoms with Crippen LogP contribution in [0.1, 0.15) is 61.6 Å². The van der Waals surface area contributed by atoms with Crippen molar-refractivity contribution >= 4 is 12.0 Å². The highest BCUT2D eigenvalue weighted by molar-refractivity contribution is 5.66. The van der Waals surface area contributed by atoms with Gasteiger partial charge in [0.05, 0.1) is 6.61 Å². The normalized spacial score (nSPS) is 12.0. The number of carbonyl (C=O) groups is 1. The maximum absolute atomic E-state index is 11.0. The van der Waals surface area contributed by atoms with Gasteiger partial charge in [0.1, 0.15) is 5.75 Å². The molecule has 0 amide bonds. The summed E-state index contributed by atoms with van der Waals surface area (Å²) in [5.74, 6) is 1.01. The molecule has 4 aromatic rings. The maximum Gasteiger partial charge on any atom is 0.303 e. The Kier molecular flexibility index (Phi) is 11.5. The molecule has 1 atom stereocenters. The Morgan fingerprint density at radius 1 is 0.875 bits per heavy atom. The topological polar surface area (TPSA) is 101 Å². The Bertz CT molecular complexity index is 1310. The first-order chi connectivity index (χ1) is 19.7. The van der Waals surface area contributed by atoms with E-state index in [2.05, 4.69) is 81.3 Å². The monoisotopic (exact) mass is 538 g/mol. The molecule has 0 saturated heterocycles. The van der Waals surface area contributed by atoms with Crippen LogP contribution in [-0.2, 0) is 17.6 Å². The minimum absolute atomic E-state index is 0.206. The number of aryl methyl sites for hydroxylation is 1. The highest BCUT2D eigenvalue weighted by atomic mass is 16.5. The minimum Gasteiger partial charge on any atom is -0.493 e. The largest absolute Gasteiger partial charge is 0.493 e. The number of tetrazole rings is 1. The van der Waals surface area contributed by atoms with Gasteiger partial charge in [-0.2, -0.15) is 5.21 Å². The average Bonchev–Trinajstić information content (AvgIpc) is 3.52. The lowest BCUT2D eigenvalue weighted by molar-refractivity contribution is -0.137. The second kappa shape index (κ2) is 16.0. The van der Waals surface area contributed by atoms with Crippen molar-refractivity contribution in [2.45, 2.75) is 57.8 Å². The molecule has 40 heavy (non-hydrogen) atoms. The van der Waals surface area contributed by atoms with Gasteiger partial charge in [-0.15, -0.1) is 10.2 Å². The van der Waals surface area contributed by atoms with E-state index in [9.17, 15) is 4.79 Å². The molecule has 1 aromatic heterocycles. The lowest BCUT2D eigenvalue weighted by Gasteiger charge is -2.14. The van der Waals surface area contributed by atoms with Gasteiger partial charge in [-0.25, -0.2) is 0 Å². The molecule has 1 heterocycles. The molecule has 0 bridgehead atoms. The number of hydrogen-bond donors (Lipinski definition) is 2. The Balaban J connectivity index is 1.32. The molecule has 0 radical (unpaired) electrons. The summed E-state index contributed by atoms with van der Waals surface area (Å²) in [5, 5.41) is 23.2. The highest BCUT2D eigenvalue weighted by Crippen LogP contribution is 2.24. The molecule has 0 aliphatic rings. The quantitative estimate of drug-likeness (QED) is 0.138. The maximum atomic E-state index is 11.0. The van der Waals surface area contributed by atoms with Crippen molar-refractivity contribution < 1.29 is 14.6 Å². The third-order valence-electron chi connectivity index (χ3n) is 6.95. The van der Waals surface area contributed by atoms with Gasteiger partial charge >= 0.3 is 5.97 Å². The number of rotatable bonds is 17. The van der Waals surface area contributed by atoms with E-state index in [1.54, 1.807) is 0 Å². The summed E-state index contributed by atoms with van der Waals surface area (Å²) in [5.41, 5.74) is 4.58. The molecule has 2 N–H and O–H groups in total. The fraction of sp³-hybridized carbons (Fsp3) is 0.333. The number of carboxylic acid groups (broad SMARTS) is 1. The standard InChI is InChI=1S/C33H38N4O3/c38-32(39)17-9-6-14-27(25-28-19-22-30(23-20-28)33-34-36-37-35-33)18-21-29-15-7-8-16-31(29)40-24-10-2-5-13-26-11-3-1-4-12-26/h1,3-4,7-8,11-12,15-16,18-23,27H,2,5-6,9-10,13-14,17,24-25H2,(H,38,39)(H,34,35,36,37). The number of hydrogen-bond acceptors (Lipinski definition) is 5. The van der Waals surface area contributed by atoms with Crippen molar-refractivity contribution in [1.29, 1.82) is 0 Å². The SMILES string of the molecule is O=C(O)CCCCC(C=Cc1ccccc1OCCCCCc1ccccc1)Cc1ccc(-c2nn[nH]n2)cc1. The number of aliphatic carboxylic acids is 1. The average molecular weight is 539 g/mol. The number of H-pyrrole nitrogens is 1. The molecule has 0 aliphatic heterocycles. The Morgan fingerprint density at radius 2 is 1.68 bits per heavy atom. The van der Waals surface area contributed by atoms with E-state index in [-0.39, 0.29) is 12.3 Å². The number of carboxylic acids is 1. The van der Waals surface area contributed by atoms with Crippen molar-refractivity contribution in [2.75, 3.05) is 6.61 Å². The number of aromatic nitrogens is 4. The van der Waals surface area contributed by atoms with E-state index in [0.29, 0.717) is 18.9 Å². The van der Waals surface area contributed by atoms with Crippen LogP contribution in [0, 0.1) is 5.92 Å². The van der Waals surface area contributed by atoms with E-state index in [1.165, 1.54) is 11.1 Å². The number of aromatic amines is 1. The van der Waals surface area contributed by atoms with Gasteiger partial charge in [0.25, 0.3) is 0 Å². The van der Waals surface area contributed by atoms with Crippen molar-refractivity contribution in [3.05, 3.63) is 102 Å².